The van der Waals surface area contributed by atoms with Crippen LogP contribution in [0.2, 0.25) is 0 Å². The first kappa shape index (κ1) is 46.7. The number of rotatable bonds is 36. The summed E-state index contributed by atoms with van der Waals surface area (Å²) in [6.07, 6.45) is 11.2. The van der Waals surface area contributed by atoms with Crippen molar-refractivity contribution < 1.29 is 0 Å². The highest BCUT2D eigenvalue weighted by Crippen LogP contribution is 2.05. The van der Waals surface area contributed by atoms with Crippen molar-refractivity contribution in [1.82, 2.24) is 51.5 Å². The van der Waals surface area contributed by atoms with Crippen LogP contribution in [-0.4, -0.2) is 180 Å². The zero-order valence-electron chi connectivity index (χ0n) is 31.9. The van der Waals surface area contributed by atoms with Crippen LogP contribution in [0.15, 0.2) is 0 Å². The van der Waals surface area contributed by atoms with Crippen LogP contribution in [-0.2, 0) is 0 Å². The predicted octanol–water partition coefficient (Wildman–Crippen LogP) is 2.05. The molecule has 0 aliphatic carbocycles. The van der Waals surface area contributed by atoms with Crippen molar-refractivity contribution in [2.45, 2.75) is 71.6 Å². The molecule has 0 atom stereocenters. The molecule has 0 amide bonds. The van der Waals surface area contributed by atoms with Crippen molar-refractivity contribution in [3.63, 3.8) is 0 Å². The van der Waals surface area contributed by atoms with E-state index >= 15 is 0 Å². The first-order valence-corrected chi connectivity index (χ1v) is 18.9. The van der Waals surface area contributed by atoms with Crippen LogP contribution in [0.1, 0.15) is 71.6 Å². The second kappa shape index (κ2) is 39.8. The van der Waals surface area contributed by atoms with Crippen molar-refractivity contribution >= 4 is 0 Å². The third-order valence-electron chi connectivity index (χ3n) is 8.25. The van der Waals surface area contributed by atoms with Gasteiger partial charge in [0.25, 0.3) is 0 Å². The van der Waals surface area contributed by atoms with E-state index in [0.29, 0.717) is 0 Å². The van der Waals surface area contributed by atoms with Crippen LogP contribution in [0.4, 0.5) is 0 Å². The summed E-state index contributed by atoms with van der Waals surface area (Å²) in [6.45, 7) is 25.1. The molecule has 0 radical (unpaired) electrons. The van der Waals surface area contributed by atoms with Crippen LogP contribution in [0.5, 0.6) is 0 Å². The maximum Gasteiger partial charge on any atom is -0.000653 e. The molecule has 274 valence electrons. The van der Waals surface area contributed by atoms with Crippen LogP contribution in [0.25, 0.3) is 0 Å². The van der Waals surface area contributed by atoms with E-state index in [4.69, 9.17) is 0 Å². The van der Waals surface area contributed by atoms with Crippen LogP contribution < -0.4 is 31.9 Å². The normalized spacial score (nSPS) is 11.7. The number of hydrogen-bond acceptors (Lipinski definition) is 10. The van der Waals surface area contributed by atoms with Gasteiger partial charge in [-0.05, 0) is 218 Å². The molecule has 0 aromatic rings. The third kappa shape index (κ3) is 33.3. The highest BCUT2D eigenvalue weighted by Gasteiger charge is 2.12. The predicted molar refractivity (Wildman–Crippen MR) is 202 cm³/mol. The third-order valence-corrected chi connectivity index (χ3v) is 8.25. The first-order valence-electron chi connectivity index (χ1n) is 18.9. The molecule has 0 heterocycles. The molecule has 0 aliphatic heterocycles. The minimum Gasteiger partial charge on any atom is -0.320 e. The molecule has 10 nitrogen and oxygen atoms in total. The van der Waals surface area contributed by atoms with E-state index in [1.54, 1.807) is 0 Å². The van der Waals surface area contributed by atoms with E-state index in [1.807, 2.05) is 13.8 Å². The fourth-order valence-corrected chi connectivity index (χ4v) is 5.77. The van der Waals surface area contributed by atoms with E-state index in [2.05, 4.69) is 93.8 Å². The van der Waals surface area contributed by atoms with Crippen molar-refractivity contribution in [3.05, 3.63) is 0 Å². The van der Waals surface area contributed by atoms with Gasteiger partial charge in [0.05, 0.1) is 0 Å². The molecule has 6 N–H and O–H groups in total. The Morgan fingerprint density at radius 3 is 0.511 bits per heavy atom. The van der Waals surface area contributed by atoms with Gasteiger partial charge in [0.1, 0.15) is 0 Å². The van der Waals surface area contributed by atoms with Crippen molar-refractivity contribution in [1.29, 1.82) is 0 Å². The molecule has 0 aliphatic rings. The zero-order valence-corrected chi connectivity index (χ0v) is 31.9. The average molecular weight is 645 g/mol. The summed E-state index contributed by atoms with van der Waals surface area (Å²) in [5.74, 6) is 0. The lowest BCUT2D eigenvalue weighted by atomic mass is 10.2. The molecule has 0 fully saturated rings. The average Bonchev–Trinajstić information content (AvgIpc) is 3.05. The Labute approximate surface area is 282 Å². The summed E-state index contributed by atoms with van der Waals surface area (Å²) < 4.78 is 0. The van der Waals surface area contributed by atoms with Gasteiger partial charge >= 0.3 is 0 Å². The minimum absolute atomic E-state index is 1.10. The lowest BCUT2D eigenvalue weighted by Gasteiger charge is -2.29. The summed E-state index contributed by atoms with van der Waals surface area (Å²) in [5, 5.41) is 19.9. The Kier molecular flexibility index (Phi) is 41.3. The van der Waals surface area contributed by atoms with Gasteiger partial charge in [-0.3, -0.25) is 0 Å². The molecule has 0 saturated heterocycles. The first-order chi connectivity index (χ1) is 22.1. The summed E-state index contributed by atoms with van der Waals surface area (Å²) in [5.41, 5.74) is 0. The van der Waals surface area contributed by atoms with Crippen molar-refractivity contribution in [2.24, 2.45) is 0 Å². The number of nitrogens with zero attached hydrogens (tertiary/aromatic N) is 4. The minimum atomic E-state index is 1.10. The fourth-order valence-electron chi connectivity index (χ4n) is 5.77. The topological polar surface area (TPSA) is 85.1 Å². The van der Waals surface area contributed by atoms with Gasteiger partial charge in [-0.1, -0.05) is 13.8 Å². The van der Waals surface area contributed by atoms with Crippen molar-refractivity contribution in [2.75, 3.05) is 160 Å². The molecule has 0 bridgehead atoms. The quantitative estimate of drug-likeness (QED) is 0.0571. The van der Waals surface area contributed by atoms with Gasteiger partial charge in [-0.25, -0.2) is 0 Å². The molecule has 10 heteroatoms. The van der Waals surface area contributed by atoms with E-state index in [9.17, 15) is 0 Å². The molecule has 0 spiro atoms. The number of hydrogen-bond donors (Lipinski definition) is 6. The van der Waals surface area contributed by atoms with Gasteiger partial charge in [-0.15, -0.1) is 0 Å². The van der Waals surface area contributed by atoms with Gasteiger partial charge in [-0.2, -0.15) is 0 Å². The lowest BCUT2D eigenvalue weighted by Crippen LogP contribution is -2.37. The van der Waals surface area contributed by atoms with E-state index < -0.39 is 0 Å². The molecular formula is C35H84N10. The Hall–Kier alpha value is -0.400. The smallest absolute Gasteiger partial charge is 0.000653 e. The Bertz CT molecular complexity index is 427. The maximum absolute atomic E-state index is 3.32. The standard InChI is InChI=1S/C33H78N10.C2H6/c1-34-16-7-22-40(23-8-17-35-2)28-13-31-43(32-14-29-41(24-9-18-36-3)25-10-19-37-4)33-15-30-42(26-11-20-38-5)27-12-21-39-6;1-2/h34-39H,7-33H2,1-6H3;1-2H3. The lowest BCUT2D eigenvalue weighted by molar-refractivity contribution is 0.191. The van der Waals surface area contributed by atoms with E-state index in [0.717, 1.165) is 39.3 Å². The Morgan fingerprint density at radius 2 is 0.378 bits per heavy atom. The molecule has 0 aromatic heterocycles. The molecule has 0 unspecified atom stereocenters. The van der Waals surface area contributed by atoms with Gasteiger partial charge in [0.2, 0.25) is 0 Å². The summed E-state index contributed by atoms with van der Waals surface area (Å²) >= 11 is 0. The van der Waals surface area contributed by atoms with E-state index in [1.165, 1.54) is 136 Å². The van der Waals surface area contributed by atoms with Crippen LogP contribution in [0.3, 0.4) is 0 Å². The Balaban J connectivity index is 0. The highest BCUT2D eigenvalue weighted by atomic mass is 15.2. The Morgan fingerprint density at radius 1 is 0.244 bits per heavy atom. The zero-order chi connectivity index (χ0) is 33.6. The summed E-state index contributed by atoms with van der Waals surface area (Å²) in [4.78, 5) is 10.9. The summed E-state index contributed by atoms with van der Waals surface area (Å²) in [7, 11) is 12.4. The highest BCUT2D eigenvalue weighted by molar-refractivity contribution is 4.68. The van der Waals surface area contributed by atoms with Crippen molar-refractivity contribution in [3.8, 4) is 0 Å². The number of nitrogens with one attached hydrogen (secondary N) is 6. The SMILES string of the molecule is CC.CNCCCN(CCCNC)CCCN(CCCN(CCCNC)CCCNC)CCCN(CCCNC)CCCNC. The molecule has 0 rings (SSSR count). The van der Waals surface area contributed by atoms with Gasteiger partial charge in [0.15, 0.2) is 0 Å². The maximum atomic E-state index is 3.32. The molecule has 45 heavy (non-hydrogen) atoms. The largest absolute Gasteiger partial charge is 0.320 e. The van der Waals surface area contributed by atoms with Crippen LogP contribution >= 0.6 is 0 Å². The summed E-state index contributed by atoms with van der Waals surface area (Å²) in [6, 6.07) is 0. The second-order valence-corrected chi connectivity index (χ2v) is 12.2. The van der Waals surface area contributed by atoms with Crippen LogP contribution in [0, 0.1) is 0 Å². The van der Waals surface area contributed by atoms with Gasteiger partial charge < -0.3 is 51.5 Å². The molecule has 0 aromatic carbocycles. The fraction of sp³-hybridized carbons (Fsp3) is 1.00. The van der Waals surface area contributed by atoms with E-state index in [-0.39, 0.29) is 0 Å². The molecular weight excluding hydrogens is 560 g/mol. The second-order valence-electron chi connectivity index (χ2n) is 12.2. The monoisotopic (exact) mass is 645 g/mol. The van der Waals surface area contributed by atoms with Gasteiger partial charge in [0, 0.05) is 0 Å². The molecule has 0 saturated carbocycles.